The molecule has 2 aromatic carbocycles. The standard InChI is InChI=1S/C21H25ClN2O4/c1-5-27-19-10-15(9-17(22)21(19)26)11-23-24-20(25)12-28-18-8-14(4)6-7-16(18)13(2)3/h6-11,13,26H,5,12H2,1-4H3,(H,24,25)/b23-11-. The van der Waals surface area contributed by atoms with Gasteiger partial charge in [-0.05, 0) is 54.7 Å². The normalized spacial score (nSPS) is 11.1. The summed E-state index contributed by atoms with van der Waals surface area (Å²) >= 11 is 5.97. The Morgan fingerprint density at radius 2 is 2.00 bits per heavy atom. The first-order valence-corrected chi connectivity index (χ1v) is 9.40. The minimum atomic E-state index is -0.387. The number of aryl methyl sites for hydroxylation is 1. The van der Waals surface area contributed by atoms with Crippen molar-refractivity contribution in [1.29, 1.82) is 0 Å². The Morgan fingerprint density at radius 3 is 2.68 bits per heavy atom. The summed E-state index contributed by atoms with van der Waals surface area (Å²) in [6.07, 6.45) is 1.41. The number of benzene rings is 2. The lowest BCUT2D eigenvalue weighted by Crippen LogP contribution is -2.25. The van der Waals surface area contributed by atoms with Crippen molar-refractivity contribution in [1.82, 2.24) is 5.43 Å². The third-order valence-corrected chi connectivity index (χ3v) is 4.19. The molecule has 0 aliphatic heterocycles. The second-order valence-corrected chi connectivity index (χ2v) is 6.97. The molecule has 0 fully saturated rings. The number of phenolic OH excluding ortho intramolecular Hbond substituents is 1. The quantitative estimate of drug-likeness (QED) is 0.504. The van der Waals surface area contributed by atoms with Crippen molar-refractivity contribution >= 4 is 23.7 Å². The molecule has 2 rings (SSSR count). The van der Waals surface area contributed by atoms with Gasteiger partial charge in [-0.2, -0.15) is 5.10 Å². The zero-order valence-corrected chi connectivity index (χ0v) is 17.2. The Hall–Kier alpha value is -2.73. The van der Waals surface area contributed by atoms with Crippen LogP contribution in [-0.2, 0) is 4.79 Å². The molecule has 0 saturated heterocycles. The molecule has 0 spiro atoms. The summed E-state index contributed by atoms with van der Waals surface area (Å²) in [5.74, 6) is 0.725. The van der Waals surface area contributed by atoms with E-state index in [9.17, 15) is 9.90 Å². The highest BCUT2D eigenvalue weighted by Gasteiger charge is 2.11. The van der Waals surface area contributed by atoms with Gasteiger partial charge >= 0.3 is 0 Å². The molecule has 0 saturated carbocycles. The van der Waals surface area contributed by atoms with Gasteiger partial charge in [0.2, 0.25) is 0 Å². The van der Waals surface area contributed by atoms with E-state index in [1.807, 2.05) is 25.1 Å². The number of nitrogens with one attached hydrogen (secondary N) is 1. The summed E-state index contributed by atoms with van der Waals surface area (Å²) in [7, 11) is 0. The van der Waals surface area contributed by atoms with Gasteiger partial charge in [0.25, 0.3) is 5.91 Å². The second-order valence-electron chi connectivity index (χ2n) is 6.56. The van der Waals surface area contributed by atoms with E-state index in [-0.39, 0.29) is 35.0 Å². The summed E-state index contributed by atoms with van der Waals surface area (Å²) < 4.78 is 11.0. The number of phenols is 1. The van der Waals surface area contributed by atoms with Gasteiger partial charge in [-0.3, -0.25) is 4.79 Å². The molecule has 0 atom stereocenters. The highest BCUT2D eigenvalue weighted by Crippen LogP contribution is 2.34. The molecule has 1 amide bonds. The maximum Gasteiger partial charge on any atom is 0.277 e. The van der Waals surface area contributed by atoms with Gasteiger partial charge < -0.3 is 14.6 Å². The molecule has 0 aliphatic rings. The van der Waals surface area contributed by atoms with Gasteiger partial charge in [0.05, 0.1) is 17.8 Å². The number of nitrogens with zero attached hydrogens (tertiary/aromatic N) is 1. The maximum absolute atomic E-state index is 12.0. The van der Waals surface area contributed by atoms with Crippen molar-refractivity contribution in [3.8, 4) is 17.2 Å². The van der Waals surface area contributed by atoms with Crippen LogP contribution in [0, 0.1) is 6.92 Å². The Balaban J connectivity index is 1.97. The van der Waals surface area contributed by atoms with Gasteiger partial charge in [-0.1, -0.05) is 37.6 Å². The maximum atomic E-state index is 12.0. The SMILES string of the molecule is CCOc1cc(/C=N\NC(=O)COc2cc(C)ccc2C(C)C)cc(Cl)c1O. The number of carbonyl (C=O) groups excluding carboxylic acids is 1. The molecular formula is C21H25ClN2O4. The number of aromatic hydroxyl groups is 1. The molecule has 0 aliphatic carbocycles. The van der Waals surface area contributed by atoms with Crippen molar-refractivity contribution in [3.63, 3.8) is 0 Å². The van der Waals surface area contributed by atoms with Crippen LogP contribution in [-0.4, -0.2) is 30.4 Å². The highest BCUT2D eigenvalue weighted by atomic mass is 35.5. The van der Waals surface area contributed by atoms with Gasteiger partial charge in [-0.15, -0.1) is 0 Å². The summed E-state index contributed by atoms with van der Waals surface area (Å²) in [6.45, 7) is 8.15. The predicted molar refractivity (Wildman–Crippen MR) is 111 cm³/mol. The largest absolute Gasteiger partial charge is 0.503 e. The summed E-state index contributed by atoms with van der Waals surface area (Å²) in [6, 6.07) is 9.05. The molecule has 0 heterocycles. The van der Waals surface area contributed by atoms with E-state index < -0.39 is 0 Å². The molecule has 2 aromatic rings. The van der Waals surface area contributed by atoms with E-state index in [4.69, 9.17) is 21.1 Å². The van der Waals surface area contributed by atoms with E-state index in [0.29, 0.717) is 17.9 Å². The van der Waals surface area contributed by atoms with E-state index in [2.05, 4.69) is 24.4 Å². The molecule has 0 radical (unpaired) electrons. The van der Waals surface area contributed by atoms with Crippen LogP contribution in [0.5, 0.6) is 17.2 Å². The van der Waals surface area contributed by atoms with Gasteiger partial charge in [0.1, 0.15) is 5.75 Å². The average molecular weight is 405 g/mol. The van der Waals surface area contributed by atoms with Crippen molar-refractivity contribution in [2.75, 3.05) is 13.2 Å². The number of carbonyl (C=O) groups is 1. The minimum absolute atomic E-state index is 0.128. The minimum Gasteiger partial charge on any atom is -0.503 e. The first kappa shape index (κ1) is 21.6. The zero-order valence-electron chi connectivity index (χ0n) is 16.5. The van der Waals surface area contributed by atoms with Crippen molar-refractivity contribution in [2.45, 2.75) is 33.6 Å². The first-order chi connectivity index (χ1) is 13.3. The Kier molecular flexibility index (Phi) is 7.70. The summed E-state index contributed by atoms with van der Waals surface area (Å²) in [5.41, 5.74) is 5.09. The van der Waals surface area contributed by atoms with Crippen molar-refractivity contribution in [2.24, 2.45) is 5.10 Å². The van der Waals surface area contributed by atoms with E-state index in [1.54, 1.807) is 13.0 Å². The van der Waals surface area contributed by atoms with Crippen molar-refractivity contribution < 1.29 is 19.4 Å². The molecule has 0 aromatic heterocycles. The number of amides is 1. The van der Waals surface area contributed by atoms with E-state index in [1.165, 1.54) is 12.3 Å². The lowest BCUT2D eigenvalue weighted by Gasteiger charge is -2.14. The van der Waals surface area contributed by atoms with Crippen LogP contribution in [0.1, 0.15) is 43.4 Å². The number of hydrogen-bond acceptors (Lipinski definition) is 5. The fourth-order valence-corrected chi connectivity index (χ4v) is 2.75. The lowest BCUT2D eigenvalue weighted by atomic mass is 10.0. The smallest absolute Gasteiger partial charge is 0.277 e. The first-order valence-electron chi connectivity index (χ1n) is 9.02. The Labute approximate surface area is 170 Å². The molecule has 6 nitrogen and oxygen atoms in total. The third-order valence-electron chi connectivity index (χ3n) is 3.90. The summed E-state index contributed by atoms with van der Waals surface area (Å²) in [4.78, 5) is 12.0. The van der Waals surface area contributed by atoms with Gasteiger partial charge in [0.15, 0.2) is 18.1 Å². The third kappa shape index (κ3) is 5.89. The fraction of sp³-hybridized carbons (Fsp3) is 0.333. The number of halogens is 1. The summed E-state index contributed by atoms with van der Waals surface area (Å²) in [5, 5.41) is 13.9. The van der Waals surface area contributed by atoms with Crippen LogP contribution in [0.4, 0.5) is 0 Å². The Morgan fingerprint density at radius 1 is 1.25 bits per heavy atom. The van der Waals surface area contributed by atoms with Crippen LogP contribution < -0.4 is 14.9 Å². The number of rotatable bonds is 8. The van der Waals surface area contributed by atoms with Crippen LogP contribution in [0.15, 0.2) is 35.4 Å². The topological polar surface area (TPSA) is 80.2 Å². The molecule has 0 bridgehead atoms. The highest BCUT2D eigenvalue weighted by molar-refractivity contribution is 6.32. The fourth-order valence-electron chi connectivity index (χ4n) is 2.53. The number of hydrogen-bond donors (Lipinski definition) is 2. The van der Waals surface area contributed by atoms with Crippen molar-refractivity contribution in [3.05, 3.63) is 52.0 Å². The molecule has 150 valence electrons. The van der Waals surface area contributed by atoms with Crippen LogP contribution in [0.25, 0.3) is 0 Å². The van der Waals surface area contributed by atoms with E-state index >= 15 is 0 Å². The zero-order chi connectivity index (χ0) is 20.7. The second kappa shape index (κ2) is 9.99. The van der Waals surface area contributed by atoms with Crippen LogP contribution in [0.3, 0.4) is 0 Å². The van der Waals surface area contributed by atoms with Crippen LogP contribution in [0.2, 0.25) is 5.02 Å². The Bertz CT molecular complexity index is 866. The van der Waals surface area contributed by atoms with Crippen LogP contribution >= 0.6 is 11.6 Å². The average Bonchev–Trinajstić information content (AvgIpc) is 2.64. The monoisotopic (exact) mass is 404 g/mol. The molecular weight excluding hydrogens is 380 g/mol. The molecule has 2 N–H and O–H groups in total. The van der Waals surface area contributed by atoms with Gasteiger partial charge in [-0.25, -0.2) is 5.43 Å². The number of hydrazone groups is 1. The van der Waals surface area contributed by atoms with E-state index in [0.717, 1.165) is 11.1 Å². The molecule has 28 heavy (non-hydrogen) atoms. The molecule has 0 unspecified atom stereocenters. The number of ether oxygens (including phenoxy) is 2. The lowest BCUT2D eigenvalue weighted by molar-refractivity contribution is -0.123. The molecule has 7 heteroatoms. The predicted octanol–water partition coefficient (Wildman–Crippen LogP) is 4.41. The van der Waals surface area contributed by atoms with Gasteiger partial charge in [0, 0.05) is 0 Å².